The average Bonchev–Trinajstić information content (AvgIpc) is 3.52. The van der Waals surface area contributed by atoms with Gasteiger partial charge < -0.3 is 38.5 Å². The lowest BCUT2D eigenvalue weighted by Gasteiger charge is -2.37. The lowest BCUT2D eigenvalue weighted by atomic mass is 10.1. The van der Waals surface area contributed by atoms with Crippen molar-refractivity contribution in [3.05, 3.63) is 35.7 Å². The predicted octanol–water partition coefficient (Wildman–Crippen LogP) is 5.21. The maximum atomic E-state index is 13.4. The highest BCUT2D eigenvalue weighted by Crippen LogP contribution is 2.37. The molecule has 0 fully saturated rings. The maximum Gasteiger partial charge on any atom is 0.408 e. The van der Waals surface area contributed by atoms with Gasteiger partial charge in [0.2, 0.25) is 11.8 Å². The first-order valence-electron chi connectivity index (χ1n) is 14.1. The molecule has 3 unspecified atom stereocenters. The molecular formula is C28H48N4O9Si2. The molecule has 0 aliphatic heterocycles. The summed E-state index contributed by atoms with van der Waals surface area (Å²) in [6, 6.07) is -1.53. The topological polar surface area (TPSA) is 175 Å². The van der Waals surface area contributed by atoms with Crippen LogP contribution < -0.4 is 10.6 Å². The van der Waals surface area contributed by atoms with Gasteiger partial charge in [-0.3, -0.25) is 4.79 Å². The maximum absolute atomic E-state index is 13.4. The van der Waals surface area contributed by atoms with E-state index in [0.29, 0.717) is 6.04 Å². The number of esters is 1. The van der Waals surface area contributed by atoms with Crippen LogP contribution in [0.5, 0.6) is 0 Å². The first-order chi connectivity index (χ1) is 19.5. The number of oxazole rings is 2. The SMILES string of the molecule is COC(=O)c1coc(C(NC(=O)c2coc(C(CO[Si](C)(C)C(C)(C)C)NC(=O)OC(C)(C)C)n2)C(O)C[Si](C)(C)C)n1. The van der Waals surface area contributed by atoms with Gasteiger partial charge in [-0.15, -0.1) is 0 Å². The molecule has 0 radical (unpaired) electrons. The number of amides is 2. The number of rotatable bonds is 12. The lowest BCUT2D eigenvalue weighted by molar-refractivity contribution is 0.0472. The Morgan fingerprint density at radius 3 is 2.02 bits per heavy atom. The van der Waals surface area contributed by atoms with E-state index in [1.165, 1.54) is 7.11 Å². The van der Waals surface area contributed by atoms with Crippen LogP contribution in [0.25, 0.3) is 0 Å². The number of nitrogens with one attached hydrogen (secondary N) is 2. The van der Waals surface area contributed by atoms with E-state index in [1.54, 1.807) is 20.8 Å². The third kappa shape index (κ3) is 10.9. The molecule has 0 aliphatic rings. The second-order valence-corrected chi connectivity index (χ2v) is 24.5. The monoisotopic (exact) mass is 640 g/mol. The van der Waals surface area contributed by atoms with Crippen molar-refractivity contribution in [1.82, 2.24) is 20.6 Å². The number of methoxy groups -OCH3 is 1. The molecule has 2 heterocycles. The van der Waals surface area contributed by atoms with Crippen molar-refractivity contribution in [3.63, 3.8) is 0 Å². The molecule has 242 valence electrons. The van der Waals surface area contributed by atoms with Gasteiger partial charge in [0.25, 0.3) is 5.91 Å². The Kier molecular flexibility index (Phi) is 11.6. The Morgan fingerprint density at radius 2 is 1.49 bits per heavy atom. The predicted molar refractivity (Wildman–Crippen MR) is 164 cm³/mol. The number of carbonyl (C=O) groups excluding carboxylic acids is 3. The fourth-order valence-corrected chi connectivity index (χ4v) is 6.10. The van der Waals surface area contributed by atoms with Crippen molar-refractivity contribution in [3.8, 4) is 0 Å². The summed E-state index contributed by atoms with van der Waals surface area (Å²) in [6.07, 6.45) is 0.495. The summed E-state index contributed by atoms with van der Waals surface area (Å²) in [6.45, 7) is 21.9. The number of aliphatic hydroxyl groups excluding tert-OH is 1. The van der Waals surface area contributed by atoms with Gasteiger partial charge in [-0.2, -0.15) is 0 Å². The molecule has 0 saturated carbocycles. The highest BCUT2D eigenvalue weighted by Gasteiger charge is 2.39. The van der Waals surface area contributed by atoms with Crippen LogP contribution in [-0.2, 0) is 13.9 Å². The second kappa shape index (κ2) is 13.7. The van der Waals surface area contributed by atoms with Crippen molar-refractivity contribution in [2.45, 2.75) is 109 Å². The van der Waals surface area contributed by atoms with E-state index < -0.39 is 58.1 Å². The number of ether oxygens (including phenoxy) is 2. The highest BCUT2D eigenvalue weighted by molar-refractivity contribution is 6.76. The Labute approximate surface area is 255 Å². The third-order valence-electron chi connectivity index (χ3n) is 6.84. The summed E-state index contributed by atoms with van der Waals surface area (Å²) in [5.74, 6) is -1.42. The van der Waals surface area contributed by atoms with Gasteiger partial charge in [0.05, 0.1) is 19.8 Å². The van der Waals surface area contributed by atoms with Gasteiger partial charge in [-0.1, -0.05) is 40.4 Å². The minimum atomic E-state index is -2.23. The summed E-state index contributed by atoms with van der Waals surface area (Å²) in [5, 5.41) is 16.4. The van der Waals surface area contributed by atoms with Crippen LogP contribution in [-0.4, -0.2) is 74.9 Å². The van der Waals surface area contributed by atoms with E-state index in [9.17, 15) is 19.5 Å². The first-order valence-corrected chi connectivity index (χ1v) is 20.8. The first kappa shape index (κ1) is 36.2. The summed E-state index contributed by atoms with van der Waals surface area (Å²) in [5.41, 5.74) is -0.947. The molecule has 2 rings (SSSR count). The third-order valence-corrected chi connectivity index (χ3v) is 13.0. The van der Waals surface area contributed by atoms with Crippen LogP contribution in [0.4, 0.5) is 4.79 Å². The largest absolute Gasteiger partial charge is 0.464 e. The normalized spacial score (nSPS) is 14.9. The molecular weight excluding hydrogens is 592 g/mol. The lowest BCUT2D eigenvalue weighted by Crippen LogP contribution is -2.44. The van der Waals surface area contributed by atoms with Crippen molar-refractivity contribution < 1.29 is 42.2 Å². The number of carbonyl (C=O) groups is 3. The van der Waals surface area contributed by atoms with Gasteiger partial charge in [0.1, 0.15) is 30.2 Å². The standard InChI is InChI=1S/C28H48N4O9Si2/c1-27(2,3)41-26(36)31-18(15-40-43(11,12)28(4,5)6)23-29-17(13-38-23)22(34)32-21(20(33)16-42(8,9)10)24-30-19(14-39-24)25(35)37-7/h13-14,18,20-21,33H,15-16H2,1-12H3,(H,31,36)(H,32,34). The molecule has 2 aromatic heterocycles. The Balaban J connectivity index is 2.35. The van der Waals surface area contributed by atoms with Gasteiger partial charge in [-0.25, -0.2) is 19.6 Å². The zero-order valence-electron chi connectivity index (χ0n) is 27.4. The smallest absolute Gasteiger partial charge is 0.408 e. The molecule has 2 aromatic rings. The van der Waals surface area contributed by atoms with E-state index >= 15 is 0 Å². The van der Waals surface area contributed by atoms with Crippen LogP contribution in [0, 0.1) is 0 Å². The minimum absolute atomic E-state index is 0.0398. The Morgan fingerprint density at radius 1 is 0.930 bits per heavy atom. The molecule has 43 heavy (non-hydrogen) atoms. The van der Waals surface area contributed by atoms with Gasteiger partial charge in [-0.05, 0) is 44.9 Å². The molecule has 0 saturated heterocycles. The number of hydrogen-bond donors (Lipinski definition) is 3. The van der Waals surface area contributed by atoms with E-state index in [-0.39, 0.29) is 34.8 Å². The number of aliphatic hydroxyl groups is 1. The van der Waals surface area contributed by atoms with Gasteiger partial charge in [0, 0.05) is 8.07 Å². The van der Waals surface area contributed by atoms with Crippen LogP contribution >= 0.6 is 0 Å². The second-order valence-electron chi connectivity index (χ2n) is 14.2. The van der Waals surface area contributed by atoms with Crippen molar-refractivity contribution in [2.75, 3.05) is 13.7 Å². The minimum Gasteiger partial charge on any atom is -0.464 e. The number of alkyl carbamates (subject to hydrolysis) is 1. The van der Waals surface area contributed by atoms with Crippen LogP contribution in [0.15, 0.2) is 21.4 Å². The molecule has 2 amide bonds. The van der Waals surface area contributed by atoms with E-state index in [4.69, 9.17) is 18.0 Å². The average molecular weight is 641 g/mol. The van der Waals surface area contributed by atoms with E-state index in [2.05, 4.69) is 78.8 Å². The Bertz CT molecular complexity index is 1260. The molecule has 0 bridgehead atoms. The molecule has 0 aromatic carbocycles. The zero-order chi connectivity index (χ0) is 33.0. The van der Waals surface area contributed by atoms with E-state index in [1.807, 2.05) is 0 Å². The molecule has 3 atom stereocenters. The number of nitrogens with zero attached hydrogens (tertiary/aromatic N) is 2. The van der Waals surface area contributed by atoms with Crippen LogP contribution in [0.2, 0.25) is 43.8 Å². The van der Waals surface area contributed by atoms with Crippen LogP contribution in [0.3, 0.4) is 0 Å². The van der Waals surface area contributed by atoms with Crippen molar-refractivity contribution in [1.29, 1.82) is 0 Å². The summed E-state index contributed by atoms with van der Waals surface area (Å²) >= 11 is 0. The number of aromatic nitrogens is 2. The summed E-state index contributed by atoms with van der Waals surface area (Å²) < 4.78 is 27.5. The van der Waals surface area contributed by atoms with Crippen molar-refractivity contribution in [2.24, 2.45) is 0 Å². The summed E-state index contributed by atoms with van der Waals surface area (Å²) in [4.78, 5) is 46.4. The van der Waals surface area contributed by atoms with Crippen LogP contribution in [0.1, 0.15) is 86.4 Å². The zero-order valence-corrected chi connectivity index (χ0v) is 29.4. The van der Waals surface area contributed by atoms with Gasteiger partial charge in [0.15, 0.2) is 19.7 Å². The number of hydrogen-bond acceptors (Lipinski definition) is 11. The Hall–Kier alpha value is -3.02. The summed E-state index contributed by atoms with van der Waals surface area (Å²) in [7, 11) is -2.83. The fourth-order valence-electron chi connectivity index (χ4n) is 3.60. The molecule has 15 heteroatoms. The van der Waals surface area contributed by atoms with E-state index in [0.717, 1.165) is 12.5 Å². The molecule has 3 N–H and O–H groups in total. The highest BCUT2D eigenvalue weighted by atomic mass is 28.4. The molecule has 13 nitrogen and oxygen atoms in total. The van der Waals surface area contributed by atoms with Crippen molar-refractivity contribution >= 4 is 34.4 Å². The molecule has 0 spiro atoms. The van der Waals surface area contributed by atoms with Gasteiger partial charge >= 0.3 is 12.1 Å². The molecule has 0 aliphatic carbocycles. The fraction of sp³-hybridized carbons (Fsp3) is 0.679. The quantitative estimate of drug-likeness (QED) is 0.205.